The first kappa shape index (κ1) is 23.0. The summed E-state index contributed by atoms with van der Waals surface area (Å²) >= 11 is 1.58. The van der Waals surface area contributed by atoms with Crippen molar-refractivity contribution in [3.8, 4) is 0 Å². The van der Waals surface area contributed by atoms with E-state index in [1.807, 2.05) is 31.4 Å². The van der Waals surface area contributed by atoms with Gasteiger partial charge in [0, 0.05) is 37.6 Å². The van der Waals surface area contributed by atoms with Crippen LogP contribution in [0.1, 0.15) is 30.7 Å². The van der Waals surface area contributed by atoms with Crippen LogP contribution in [0.15, 0.2) is 41.8 Å². The molecule has 0 aliphatic carbocycles. The summed E-state index contributed by atoms with van der Waals surface area (Å²) in [4.78, 5) is 30.1. The third-order valence-corrected chi connectivity index (χ3v) is 5.34. The Morgan fingerprint density at radius 1 is 1.10 bits per heavy atom. The van der Waals surface area contributed by atoms with E-state index in [2.05, 4.69) is 0 Å². The SMILES string of the molecule is COCCCN(CC(=O)N(Cc1ccc(F)cc1)Cc1cccs1)C(=O)C(C)C. The Labute approximate surface area is 176 Å². The molecule has 0 saturated carbocycles. The minimum absolute atomic E-state index is 0.0211. The van der Waals surface area contributed by atoms with Crippen LogP contribution in [0.2, 0.25) is 0 Å². The third-order valence-electron chi connectivity index (χ3n) is 4.47. The highest BCUT2D eigenvalue weighted by Crippen LogP contribution is 2.16. The summed E-state index contributed by atoms with van der Waals surface area (Å²) < 4.78 is 18.3. The van der Waals surface area contributed by atoms with Gasteiger partial charge in [-0.15, -0.1) is 11.3 Å². The van der Waals surface area contributed by atoms with E-state index in [-0.39, 0.29) is 30.1 Å². The molecule has 158 valence electrons. The molecule has 0 aliphatic rings. The van der Waals surface area contributed by atoms with Crippen molar-refractivity contribution in [1.82, 2.24) is 9.80 Å². The van der Waals surface area contributed by atoms with Gasteiger partial charge in [-0.2, -0.15) is 0 Å². The van der Waals surface area contributed by atoms with Crippen LogP contribution in [-0.4, -0.2) is 48.4 Å². The Morgan fingerprint density at radius 3 is 2.41 bits per heavy atom. The number of hydrogen-bond acceptors (Lipinski definition) is 4. The number of benzene rings is 1. The smallest absolute Gasteiger partial charge is 0.242 e. The van der Waals surface area contributed by atoms with E-state index in [0.717, 1.165) is 10.4 Å². The van der Waals surface area contributed by atoms with Gasteiger partial charge in [0.25, 0.3) is 0 Å². The van der Waals surface area contributed by atoms with Crippen LogP contribution in [-0.2, 0) is 27.4 Å². The molecule has 2 aromatic rings. The summed E-state index contributed by atoms with van der Waals surface area (Å²) in [5.74, 6) is -0.675. The maximum absolute atomic E-state index is 13.2. The van der Waals surface area contributed by atoms with E-state index in [1.165, 1.54) is 12.1 Å². The second-order valence-corrected chi connectivity index (χ2v) is 8.25. The zero-order valence-electron chi connectivity index (χ0n) is 17.3. The van der Waals surface area contributed by atoms with Gasteiger partial charge in [-0.05, 0) is 35.6 Å². The Morgan fingerprint density at radius 2 is 1.83 bits per heavy atom. The summed E-state index contributed by atoms with van der Waals surface area (Å²) in [6.45, 7) is 5.50. The molecule has 0 radical (unpaired) electrons. The van der Waals surface area contributed by atoms with Gasteiger partial charge in [-0.25, -0.2) is 4.39 Å². The standard InChI is InChI=1S/C22H29FN2O3S/c1-17(2)22(27)24(11-5-12-28-3)16-21(26)25(15-20-6-4-13-29-20)14-18-7-9-19(23)10-8-18/h4,6-10,13,17H,5,11-12,14-16H2,1-3H3. The fourth-order valence-corrected chi connectivity index (χ4v) is 3.65. The number of halogens is 1. The molecule has 1 aromatic heterocycles. The highest BCUT2D eigenvalue weighted by atomic mass is 32.1. The van der Waals surface area contributed by atoms with Crippen LogP contribution in [0.3, 0.4) is 0 Å². The molecule has 5 nitrogen and oxygen atoms in total. The lowest BCUT2D eigenvalue weighted by molar-refractivity contribution is -0.143. The molecule has 0 bridgehead atoms. The van der Waals surface area contributed by atoms with E-state index < -0.39 is 0 Å². The summed E-state index contributed by atoms with van der Waals surface area (Å²) in [5, 5.41) is 1.97. The average molecular weight is 421 g/mol. The van der Waals surface area contributed by atoms with E-state index >= 15 is 0 Å². The van der Waals surface area contributed by atoms with Crippen molar-refractivity contribution in [2.45, 2.75) is 33.4 Å². The number of thiophene rings is 1. The Hall–Kier alpha value is -2.25. The molecule has 0 fully saturated rings. The van der Waals surface area contributed by atoms with Gasteiger partial charge in [-0.1, -0.05) is 32.0 Å². The lowest BCUT2D eigenvalue weighted by Crippen LogP contribution is -2.44. The minimum Gasteiger partial charge on any atom is -0.385 e. The highest BCUT2D eigenvalue weighted by molar-refractivity contribution is 7.09. The van der Waals surface area contributed by atoms with E-state index in [4.69, 9.17) is 4.74 Å². The van der Waals surface area contributed by atoms with Crippen LogP contribution in [0.5, 0.6) is 0 Å². The summed E-state index contributed by atoms with van der Waals surface area (Å²) in [6, 6.07) is 10.1. The number of carbonyl (C=O) groups is 2. The molecule has 0 N–H and O–H groups in total. The molecule has 0 aliphatic heterocycles. The number of amides is 2. The number of nitrogens with zero attached hydrogens (tertiary/aromatic N) is 2. The van der Waals surface area contributed by atoms with E-state index in [9.17, 15) is 14.0 Å². The van der Waals surface area contributed by atoms with Crippen molar-refractivity contribution in [2.75, 3.05) is 26.8 Å². The lowest BCUT2D eigenvalue weighted by atomic mass is 10.1. The summed E-state index contributed by atoms with van der Waals surface area (Å²) in [5.41, 5.74) is 0.845. The lowest BCUT2D eigenvalue weighted by Gasteiger charge is -2.28. The molecule has 7 heteroatoms. The zero-order valence-corrected chi connectivity index (χ0v) is 18.1. The van der Waals surface area contributed by atoms with Gasteiger partial charge in [0.2, 0.25) is 11.8 Å². The molecule has 29 heavy (non-hydrogen) atoms. The molecule has 0 saturated heterocycles. The summed E-state index contributed by atoms with van der Waals surface area (Å²) in [7, 11) is 1.62. The third kappa shape index (κ3) is 7.59. The number of hydrogen-bond donors (Lipinski definition) is 0. The van der Waals surface area contributed by atoms with Crippen molar-refractivity contribution in [3.63, 3.8) is 0 Å². The maximum Gasteiger partial charge on any atom is 0.242 e. The quantitative estimate of drug-likeness (QED) is 0.518. The molecule has 0 atom stereocenters. The highest BCUT2D eigenvalue weighted by Gasteiger charge is 2.23. The Balaban J connectivity index is 2.14. The molecule has 1 heterocycles. The molecule has 0 spiro atoms. The minimum atomic E-state index is -0.309. The van der Waals surface area contributed by atoms with Crippen molar-refractivity contribution in [2.24, 2.45) is 5.92 Å². The zero-order chi connectivity index (χ0) is 21.2. The fourth-order valence-electron chi connectivity index (χ4n) is 2.93. The monoisotopic (exact) mass is 420 g/mol. The van der Waals surface area contributed by atoms with Gasteiger partial charge in [0.1, 0.15) is 5.82 Å². The van der Waals surface area contributed by atoms with Crippen molar-refractivity contribution in [3.05, 3.63) is 58.0 Å². The first-order valence-electron chi connectivity index (χ1n) is 9.73. The van der Waals surface area contributed by atoms with Gasteiger partial charge in [0.15, 0.2) is 0 Å². The van der Waals surface area contributed by atoms with Gasteiger partial charge in [0.05, 0.1) is 13.1 Å². The van der Waals surface area contributed by atoms with E-state index in [1.54, 1.807) is 40.4 Å². The molecule has 2 amide bonds. The van der Waals surface area contributed by atoms with Gasteiger partial charge < -0.3 is 14.5 Å². The second-order valence-electron chi connectivity index (χ2n) is 7.22. The predicted molar refractivity (Wildman–Crippen MR) is 113 cm³/mol. The summed E-state index contributed by atoms with van der Waals surface area (Å²) in [6.07, 6.45) is 0.672. The maximum atomic E-state index is 13.2. The van der Waals surface area contributed by atoms with Crippen LogP contribution in [0, 0.1) is 11.7 Å². The second kappa shape index (κ2) is 11.7. The van der Waals surface area contributed by atoms with Crippen LogP contribution >= 0.6 is 11.3 Å². The number of rotatable bonds is 11. The van der Waals surface area contributed by atoms with Crippen LogP contribution in [0.25, 0.3) is 0 Å². The molecule has 0 unspecified atom stereocenters. The van der Waals surface area contributed by atoms with Crippen LogP contribution < -0.4 is 0 Å². The molecule has 1 aromatic carbocycles. The number of carbonyl (C=O) groups excluding carboxylic acids is 2. The predicted octanol–water partition coefficient (Wildman–Crippen LogP) is 3.94. The van der Waals surface area contributed by atoms with Crippen LogP contribution in [0.4, 0.5) is 4.39 Å². The first-order valence-corrected chi connectivity index (χ1v) is 10.6. The van der Waals surface area contributed by atoms with Crippen molar-refractivity contribution in [1.29, 1.82) is 0 Å². The Kier molecular flexibility index (Phi) is 9.28. The normalized spacial score (nSPS) is 10.9. The fraction of sp³-hybridized carbons (Fsp3) is 0.455. The van der Waals surface area contributed by atoms with Gasteiger partial charge in [-0.3, -0.25) is 9.59 Å². The first-order chi connectivity index (χ1) is 13.9. The number of ether oxygens (including phenoxy) is 1. The average Bonchev–Trinajstić information content (AvgIpc) is 3.21. The number of methoxy groups -OCH3 is 1. The topological polar surface area (TPSA) is 49.9 Å². The Bertz CT molecular complexity index is 763. The van der Waals surface area contributed by atoms with E-state index in [0.29, 0.717) is 32.7 Å². The largest absolute Gasteiger partial charge is 0.385 e. The molecular formula is C22H29FN2O3S. The van der Waals surface area contributed by atoms with Gasteiger partial charge >= 0.3 is 0 Å². The molecular weight excluding hydrogens is 391 g/mol. The molecule has 2 rings (SSSR count). The van der Waals surface area contributed by atoms with Crippen molar-refractivity contribution < 1.29 is 18.7 Å². The van der Waals surface area contributed by atoms with Crippen molar-refractivity contribution >= 4 is 23.2 Å².